The van der Waals surface area contributed by atoms with E-state index in [9.17, 15) is 0 Å². The lowest BCUT2D eigenvalue weighted by atomic mass is 10.1. The molecule has 4 nitrogen and oxygen atoms in total. The Morgan fingerprint density at radius 2 is 1.81 bits per heavy atom. The molecule has 0 amide bonds. The van der Waals surface area contributed by atoms with Gasteiger partial charge in [-0.15, -0.1) is 0 Å². The minimum Gasteiger partial charge on any atom is -0.487 e. The zero-order chi connectivity index (χ0) is 18.5. The van der Waals surface area contributed by atoms with Crippen LogP contribution in [0.3, 0.4) is 0 Å². The topological polar surface area (TPSA) is 59.6 Å². The summed E-state index contributed by atoms with van der Waals surface area (Å²) in [5, 5.41) is 6.56. The highest BCUT2D eigenvalue weighted by molar-refractivity contribution is 14.1. The van der Waals surface area contributed by atoms with Crippen LogP contribution in [0, 0.1) is 7.14 Å². The van der Waals surface area contributed by atoms with Crippen molar-refractivity contribution in [3.63, 3.8) is 0 Å². The molecule has 0 aromatic heterocycles. The van der Waals surface area contributed by atoms with E-state index < -0.39 is 0 Å². The van der Waals surface area contributed by atoms with Gasteiger partial charge >= 0.3 is 0 Å². The number of rotatable bonds is 5. The summed E-state index contributed by atoms with van der Waals surface area (Å²) in [5.74, 6) is 0.874. The van der Waals surface area contributed by atoms with Crippen molar-refractivity contribution >= 4 is 79.5 Å². The van der Waals surface area contributed by atoms with Crippen molar-refractivity contribution in [2.45, 2.75) is 6.61 Å². The molecule has 0 saturated carbocycles. The Bertz CT molecular complexity index is 963. The molecule has 3 N–H and O–H groups in total. The van der Waals surface area contributed by atoms with Crippen LogP contribution in [0.4, 0.5) is 0 Å². The molecule has 0 spiro atoms. The number of ether oxygens (including phenoxy) is 1. The SMILES string of the molecule is NC(=S)N/N=C\c1cc(I)c(OCc2cccc3ccccc23)c(I)c1. The summed E-state index contributed by atoms with van der Waals surface area (Å²) < 4.78 is 8.18. The van der Waals surface area contributed by atoms with Crippen LogP contribution in [0.15, 0.2) is 59.7 Å². The van der Waals surface area contributed by atoms with E-state index in [1.54, 1.807) is 6.21 Å². The number of hydrogen-bond acceptors (Lipinski definition) is 3. The van der Waals surface area contributed by atoms with Crippen molar-refractivity contribution in [3.8, 4) is 5.75 Å². The Balaban J connectivity index is 1.79. The first-order valence-corrected chi connectivity index (χ1v) is 10.3. The van der Waals surface area contributed by atoms with Crippen molar-refractivity contribution in [1.82, 2.24) is 5.43 Å². The van der Waals surface area contributed by atoms with Crippen molar-refractivity contribution < 1.29 is 4.74 Å². The van der Waals surface area contributed by atoms with Gasteiger partial charge in [0.1, 0.15) is 12.4 Å². The number of nitrogens with two attached hydrogens (primary N) is 1. The molecule has 3 aromatic rings. The summed E-state index contributed by atoms with van der Waals surface area (Å²) in [5.41, 5.74) is 10.0. The molecule has 0 radical (unpaired) electrons. The quantitative estimate of drug-likeness (QED) is 0.195. The second-order valence-electron chi connectivity index (χ2n) is 5.47. The lowest BCUT2D eigenvalue weighted by molar-refractivity contribution is 0.303. The Morgan fingerprint density at radius 1 is 1.12 bits per heavy atom. The van der Waals surface area contributed by atoms with E-state index in [0.29, 0.717) is 6.61 Å². The first-order valence-electron chi connectivity index (χ1n) is 7.71. The third-order valence-electron chi connectivity index (χ3n) is 3.66. The van der Waals surface area contributed by atoms with E-state index in [0.717, 1.165) is 18.5 Å². The zero-order valence-corrected chi connectivity index (χ0v) is 18.7. The molecular weight excluding hydrogens is 572 g/mol. The number of benzene rings is 3. The van der Waals surface area contributed by atoms with Crippen LogP contribution in [0.25, 0.3) is 10.8 Å². The highest BCUT2D eigenvalue weighted by atomic mass is 127. The smallest absolute Gasteiger partial charge is 0.184 e. The van der Waals surface area contributed by atoms with Crippen molar-refractivity contribution in [2.24, 2.45) is 10.8 Å². The van der Waals surface area contributed by atoms with Gasteiger partial charge in [-0.25, -0.2) is 0 Å². The Morgan fingerprint density at radius 3 is 2.54 bits per heavy atom. The fourth-order valence-corrected chi connectivity index (χ4v) is 4.71. The van der Waals surface area contributed by atoms with E-state index in [-0.39, 0.29) is 5.11 Å². The average molecular weight is 587 g/mol. The molecule has 26 heavy (non-hydrogen) atoms. The molecule has 0 aliphatic heterocycles. The third-order valence-corrected chi connectivity index (χ3v) is 5.35. The maximum atomic E-state index is 6.14. The van der Waals surface area contributed by atoms with Gasteiger partial charge < -0.3 is 10.5 Å². The van der Waals surface area contributed by atoms with E-state index in [2.05, 4.69) is 92.1 Å². The van der Waals surface area contributed by atoms with Gasteiger partial charge in [-0.3, -0.25) is 5.43 Å². The fraction of sp³-hybridized carbons (Fsp3) is 0.0526. The lowest BCUT2D eigenvalue weighted by Gasteiger charge is -2.13. The number of hydrazone groups is 1. The maximum Gasteiger partial charge on any atom is 0.184 e. The number of nitrogens with one attached hydrogen (secondary N) is 1. The van der Waals surface area contributed by atoms with Gasteiger partial charge in [0.05, 0.1) is 13.4 Å². The molecule has 0 saturated heterocycles. The maximum absolute atomic E-state index is 6.14. The van der Waals surface area contributed by atoms with Gasteiger partial charge in [0.25, 0.3) is 0 Å². The van der Waals surface area contributed by atoms with Crippen LogP contribution in [0.1, 0.15) is 11.1 Å². The number of nitrogens with zero attached hydrogens (tertiary/aromatic N) is 1. The molecule has 0 unspecified atom stereocenters. The third kappa shape index (κ3) is 4.83. The van der Waals surface area contributed by atoms with E-state index in [1.807, 2.05) is 18.2 Å². The normalized spacial score (nSPS) is 11.0. The summed E-state index contributed by atoms with van der Waals surface area (Å²) in [4.78, 5) is 0. The van der Waals surface area contributed by atoms with Crippen molar-refractivity contribution in [1.29, 1.82) is 0 Å². The minimum atomic E-state index is 0.140. The molecule has 0 aliphatic rings. The van der Waals surface area contributed by atoms with Gasteiger partial charge in [0, 0.05) is 0 Å². The number of halogens is 2. The molecule has 0 aliphatic carbocycles. The summed E-state index contributed by atoms with van der Waals surface area (Å²) >= 11 is 9.28. The van der Waals surface area contributed by atoms with Crippen molar-refractivity contribution in [3.05, 3.63) is 72.9 Å². The molecular formula is C19H15I2N3OS. The Kier molecular flexibility index (Phi) is 6.65. The molecule has 7 heteroatoms. The molecule has 0 atom stereocenters. The standard InChI is InChI=1S/C19H15I2N3OS/c20-16-8-12(10-23-24-19(22)26)9-17(21)18(16)25-11-14-6-3-5-13-4-1-2-7-15(13)14/h1-10H,11H2,(H3,22,24,26)/b23-10-. The van der Waals surface area contributed by atoms with Gasteiger partial charge in [-0.1, -0.05) is 42.5 Å². The highest BCUT2D eigenvalue weighted by Gasteiger charge is 2.10. The number of fused-ring (bicyclic) bond motifs is 1. The monoisotopic (exact) mass is 587 g/mol. The second kappa shape index (κ2) is 8.96. The molecule has 3 aromatic carbocycles. The number of hydrogen-bond donors (Lipinski definition) is 2. The minimum absolute atomic E-state index is 0.140. The van der Waals surface area contributed by atoms with E-state index in [1.165, 1.54) is 16.3 Å². The predicted molar refractivity (Wildman–Crippen MR) is 128 cm³/mol. The predicted octanol–water partition coefficient (Wildman–Crippen LogP) is 4.80. The summed E-state index contributed by atoms with van der Waals surface area (Å²) in [6, 6.07) is 18.6. The first kappa shape index (κ1) is 19.3. The Labute approximate surface area is 184 Å². The van der Waals surface area contributed by atoms with Crippen LogP contribution in [0.2, 0.25) is 0 Å². The van der Waals surface area contributed by atoms with Crippen LogP contribution >= 0.6 is 57.4 Å². The molecule has 0 fully saturated rings. The lowest BCUT2D eigenvalue weighted by Crippen LogP contribution is -2.24. The zero-order valence-electron chi connectivity index (χ0n) is 13.6. The average Bonchev–Trinajstić information content (AvgIpc) is 2.61. The van der Waals surface area contributed by atoms with Crippen LogP contribution in [-0.2, 0) is 6.61 Å². The molecule has 0 heterocycles. The second-order valence-corrected chi connectivity index (χ2v) is 8.24. The van der Waals surface area contributed by atoms with E-state index in [4.69, 9.17) is 22.7 Å². The molecule has 132 valence electrons. The molecule has 3 rings (SSSR count). The fourth-order valence-electron chi connectivity index (χ4n) is 2.53. The summed E-state index contributed by atoms with van der Waals surface area (Å²) in [6.07, 6.45) is 1.68. The highest BCUT2D eigenvalue weighted by Crippen LogP contribution is 2.30. The largest absolute Gasteiger partial charge is 0.487 e. The Hall–Kier alpha value is -1.46. The van der Waals surface area contributed by atoms with Crippen LogP contribution < -0.4 is 15.9 Å². The van der Waals surface area contributed by atoms with Gasteiger partial charge in [0.2, 0.25) is 0 Å². The van der Waals surface area contributed by atoms with Crippen LogP contribution in [0.5, 0.6) is 5.75 Å². The number of thiocarbonyl (C=S) groups is 1. The van der Waals surface area contributed by atoms with E-state index >= 15 is 0 Å². The van der Waals surface area contributed by atoms with Crippen LogP contribution in [-0.4, -0.2) is 11.3 Å². The van der Waals surface area contributed by atoms with Gasteiger partial charge in [-0.05, 0) is 91.4 Å². The van der Waals surface area contributed by atoms with Gasteiger partial charge in [-0.2, -0.15) is 5.10 Å². The molecule has 0 bridgehead atoms. The summed E-state index contributed by atoms with van der Waals surface area (Å²) in [7, 11) is 0. The van der Waals surface area contributed by atoms with Gasteiger partial charge in [0.15, 0.2) is 5.11 Å². The first-order chi connectivity index (χ1) is 12.5. The summed E-state index contributed by atoms with van der Waals surface area (Å²) in [6.45, 7) is 0.518. The van der Waals surface area contributed by atoms with Crippen molar-refractivity contribution in [2.75, 3.05) is 0 Å².